The first kappa shape index (κ1) is 17.8. The van der Waals surface area contributed by atoms with Crippen LogP contribution in [0.2, 0.25) is 0 Å². The van der Waals surface area contributed by atoms with Crippen LogP contribution in [0.25, 0.3) is 28.2 Å². The van der Waals surface area contributed by atoms with Crippen molar-refractivity contribution in [2.75, 3.05) is 0 Å². The Balaban J connectivity index is 2.22. The third kappa shape index (κ3) is 4.17. The number of rotatable bonds is 4. The maximum atomic E-state index is 5.73. The van der Waals surface area contributed by atoms with Crippen molar-refractivity contribution in [3.63, 3.8) is 0 Å². The van der Waals surface area contributed by atoms with E-state index >= 15 is 0 Å². The average molecular weight is 401 g/mol. The molecule has 0 N–H and O–H groups in total. The van der Waals surface area contributed by atoms with Gasteiger partial charge in [-0.2, -0.15) is 0 Å². The molecule has 0 saturated carbocycles. The topological polar surface area (TPSA) is 25.8 Å². The molecule has 0 radical (unpaired) electrons. The third-order valence-electron chi connectivity index (χ3n) is 3.77. The van der Waals surface area contributed by atoms with E-state index in [2.05, 4.69) is 21.9 Å². The molecule has 0 atom stereocenters. The van der Waals surface area contributed by atoms with Gasteiger partial charge >= 0.3 is 0 Å². The number of hydrogen-bond donors (Lipinski definition) is 0. The lowest BCUT2D eigenvalue weighted by atomic mass is 10.1. The summed E-state index contributed by atoms with van der Waals surface area (Å²) < 4.78 is 0.979. The van der Waals surface area contributed by atoms with Crippen molar-refractivity contribution in [2.45, 2.75) is 6.92 Å². The van der Waals surface area contributed by atoms with Crippen molar-refractivity contribution in [2.24, 2.45) is 0 Å². The maximum Gasteiger partial charge on any atom is 0.160 e. The van der Waals surface area contributed by atoms with Crippen LogP contribution in [0.1, 0.15) is 12.6 Å². The van der Waals surface area contributed by atoms with Gasteiger partial charge in [-0.3, -0.25) is 0 Å². The molecule has 0 unspecified atom stereocenters. The molecule has 3 aromatic rings. The van der Waals surface area contributed by atoms with Gasteiger partial charge in [-0.15, -0.1) is 6.42 Å². The van der Waals surface area contributed by atoms with Crippen LogP contribution in [-0.2, 0) is 0 Å². The van der Waals surface area contributed by atoms with Gasteiger partial charge in [0.05, 0.1) is 17.0 Å². The largest absolute Gasteiger partial charge is 0.228 e. The lowest BCUT2D eigenvalue weighted by Gasteiger charge is -2.09. The number of nitrogens with zero attached hydrogens (tertiary/aromatic N) is 2. The Hall–Kier alpha value is -2.96. The summed E-state index contributed by atoms with van der Waals surface area (Å²) in [6.07, 6.45) is 11.5. The number of hydrogen-bond acceptors (Lipinski definition) is 2. The summed E-state index contributed by atoms with van der Waals surface area (Å²) in [4.78, 5) is 9.48. The summed E-state index contributed by atoms with van der Waals surface area (Å²) >= 11 is 3.51. The number of halogens is 1. The summed E-state index contributed by atoms with van der Waals surface area (Å²) in [5.41, 5.74) is 4.25. The van der Waals surface area contributed by atoms with Crippen LogP contribution >= 0.6 is 15.9 Å². The van der Waals surface area contributed by atoms with Gasteiger partial charge in [-0.1, -0.05) is 76.5 Å². The van der Waals surface area contributed by atoms with E-state index in [0.717, 1.165) is 32.6 Å². The van der Waals surface area contributed by atoms with Gasteiger partial charge in [0.25, 0.3) is 0 Å². The Labute approximate surface area is 162 Å². The fourth-order valence-electron chi connectivity index (χ4n) is 2.50. The smallest absolute Gasteiger partial charge is 0.160 e. The molecule has 1 aromatic heterocycles. The molecule has 3 heteroatoms. The Morgan fingerprint density at radius 3 is 2.46 bits per heavy atom. The van der Waals surface area contributed by atoms with E-state index in [0.29, 0.717) is 5.82 Å². The van der Waals surface area contributed by atoms with E-state index in [9.17, 15) is 0 Å². The summed E-state index contributed by atoms with van der Waals surface area (Å²) in [5.74, 6) is 3.38. The molecule has 0 aliphatic rings. The highest BCUT2D eigenvalue weighted by molar-refractivity contribution is 9.10. The molecule has 3 rings (SSSR count). The minimum Gasteiger partial charge on any atom is -0.228 e. The third-order valence-corrected chi connectivity index (χ3v) is 4.26. The van der Waals surface area contributed by atoms with E-state index in [1.54, 1.807) is 0 Å². The van der Waals surface area contributed by atoms with Gasteiger partial charge in [0.1, 0.15) is 0 Å². The zero-order valence-corrected chi connectivity index (χ0v) is 15.9. The molecule has 0 aliphatic heterocycles. The fourth-order valence-corrected chi connectivity index (χ4v) is 2.90. The number of benzene rings is 2. The van der Waals surface area contributed by atoms with Crippen LogP contribution in [0, 0.1) is 12.3 Å². The van der Waals surface area contributed by atoms with Crippen LogP contribution in [-0.4, -0.2) is 9.97 Å². The Kier molecular flexibility index (Phi) is 5.78. The first-order valence-corrected chi connectivity index (χ1v) is 9.01. The summed E-state index contributed by atoms with van der Waals surface area (Å²) in [6.45, 7) is 1.95. The van der Waals surface area contributed by atoms with Gasteiger partial charge < -0.3 is 0 Å². The highest BCUT2D eigenvalue weighted by Crippen LogP contribution is 2.26. The predicted molar refractivity (Wildman–Crippen MR) is 112 cm³/mol. The molecule has 2 nitrogen and oxygen atoms in total. The molecular weight excluding hydrogens is 384 g/mol. The van der Waals surface area contributed by atoms with Crippen molar-refractivity contribution in [1.29, 1.82) is 0 Å². The molecule has 0 spiro atoms. The normalized spacial score (nSPS) is 11.5. The number of aromatic nitrogens is 2. The lowest BCUT2D eigenvalue weighted by molar-refractivity contribution is 1.16. The van der Waals surface area contributed by atoms with Gasteiger partial charge in [-0.05, 0) is 31.2 Å². The molecule has 126 valence electrons. The zero-order chi connectivity index (χ0) is 18.4. The molecule has 0 saturated heterocycles. The molecule has 26 heavy (non-hydrogen) atoms. The molecule has 2 aromatic carbocycles. The van der Waals surface area contributed by atoms with Crippen LogP contribution in [0.3, 0.4) is 0 Å². The van der Waals surface area contributed by atoms with Crippen molar-refractivity contribution < 1.29 is 0 Å². The van der Waals surface area contributed by atoms with E-state index in [1.807, 2.05) is 85.8 Å². The second kappa shape index (κ2) is 8.42. The number of allylic oxidation sites excluding steroid dienone is 4. The van der Waals surface area contributed by atoms with E-state index in [4.69, 9.17) is 16.4 Å². The second-order valence-corrected chi connectivity index (χ2v) is 6.50. The molecule has 1 heterocycles. The van der Waals surface area contributed by atoms with Crippen molar-refractivity contribution in [1.82, 2.24) is 9.97 Å². The van der Waals surface area contributed by atoms with Gasteiger partial charge in [0.2, 0.25) is 0 Å². The average Bonchev–Trinajstić information content (AvgIpc) is 2.69. The minimum atomic E-state index is 0.643. The van der Waals surface area contributed by atoms with Crippen LogP contribution < -0.4 is 0 Å². The van der Waals surface area contributed by atoms with E-state index in [1.165, 1.54) is 0 Å². The van der Waals surface area contributed by atoms with Crippen LogP contribution in [0.15, 0.2) is 83.4 Å². The molecule has 0 fully saturated rings. The first-order chi connectivity index (χ1) is 12.7. The summed E-state index contributed by atoms with van der Waals surface area (Å²) in [6, 6.07) is 19.9. The first-order valence-electron chi connectivity index (χ1n) is 8.21. The Morgan fingerprint density at radius 2 is 1.77 bits per heavy atom. The van der Waals surface area contributed by atoms with Gasteiger partial charge in [0.15, 0.2) is 5.82 Å². The predicted octanol–water partition coefficient (Wildman–Crippen LogP) is 6.17. The standard InChI is InChI=1S/C23H17BrN2/c1-3-5-10-17(4-2)21-16-22(18-11-7-6-8-12-18)26-23(25-21)19-13-9-14-20(24)15-19/h2-3,5-16H,1H3/b5-3-,17-10+. The molecule has 0 aliphatic carbocycles. The van der Waals surface area contributed by atoms with Crippen molar-refractivity contribution in [3.8, 4) is 35.0 Å². The minimum absolute atomic E-state index is 0.643. The van der Waals surface area contributed by atoms with E-state index in [-0.39, 0.29) is 0 Å². The number of terminal acetylenes is 1. The SMILES string of the molecule is C#C/C(=C\C=C/C)c1cc(-c2ccccc2)nc(-c2cccc(Br)c2)n1. The summed E-state index contributed by atoms with van der Waals surface area (Å²) in [5, 5.41) is 0. The van der Waals surface area contributed by atoms with Crippen LogP contribution in [0.4, 0.5) is 0 Å². The molecule has 0 bridgehead atoms. The quantitative estimate of drug-likeness (QED) is 0.386. The fraction of sp³-hybridized carbons (Fsp3) is 0.0435. The highest BCUT2D eigenvalue weighted by Gasteiger charge is 2.11. The zero-order valence-electron chi connectivity index (χ0n) is 14.4. The lowest BCUT2D eigenvalue weighted by Crippen LogP contribution is -1.98. The Bertz CT molecular complexity index is 1010. The second-order valence-electron chi connectivity index (χ2n) is 5.59. The van der Waals surface area contributed by atoms with E-state index < -0.39 is 0 Å². The molecule has 0 amide bonds. The molecular formula is C23H17BrN2. The monoisotopic (exact) mass is 400 g/mol. The van der Waals surface area contributed by atoms with Crippen LogP contribution in [0.5, 0.6) is 0 Å². The van der Waals surface area contributed by atoms with Crippen molar-refractivity contribution in [3.05, 3.63) is 89.1 Å². The Morgan fingerprint density at radius 1 is 1.00 bits per heavy atom. The summed E-state index contributed by atoms with van der Waals surface area (Å²) in [7, 11) is 0. The van der Waals surface area contributed by atoms with Crippen molar-refractivity contribution >= 4 is 21.5 Å². The maximum absolute atomic E-state index is 5.73. The van der Waals surface area contributed by atoms with Gasteiger partial charge in [-0.25, -0.2) is 9.97 Å². The van der Waals surface area contributed by atoms with Gasteiger partial charge in [0, 0.05) is 15.6 Å². The highest BCUT2D eigenvalue weighted by atomic mass is 79.9.